The molecule has 0 atom stereocenters. The molecule has 7 heteroatoms. The van der Waals surface area contributed by atoms with Crippen LogP contribution in [0.3, 0.4) is 0 Å². The van der Waals surface area contributed by atoms with Crippen LogP contribution in [0.5, 0.6) is 0 Å². The van der Waals surface area contributed by atoms with Gasteiger partial charge in [0.2, 0.25) is 0 Å². The third-order valence-electron chi connectivity index (χ3n) is 16.6. The SMILES string of the molecule is CC(C)c1cccc(C(C)C)c1N1Cc2ccc3c4cccc5c(-c6ccc(N7C(=O)c8ccc9c%10c(ccc(c8%10)C7=O)C(=O)N(c7cc(C(C)(C)C)ccc7C(C)(C)C)C9=O)cc6)ccc(c6ccc(c2c36)C1)c54. The van der Waals surface area contributed by atoms with Crippen molar-refractivity contribution in [2.45, 2.75) is 105 Å². The average molecular weight is 982 g/mol. The fourth-order valence-corrected chi connectivity index (χ4v) is 12.9. The highest BCUT2D eigenvalue weighted by Gasteiger charge is 2.42. The maximum Gasteiger partial charge on any atom is 0.265 e. The van der Waals surface area contributed by atoms with Gasteiger partial charge in [0.25, 0.3) is 23.6 Å². The molecule has 4 amide bonds. The first-order valence-electron chi connectivity index (χ1n) is 26.5. The molecule has 0 saturated heterocycles. The normalized spacial score (nSPS) is 15.0. The number of fused-ring (bicyclic) bond motifs is 2. The Hall–Kier alpha value is -8.16. The van der Waals surface area contributed by atoms with Crippen molar-refractivity contribution in [2.24, 2.45) is 0 Å². The van der Waals surface area contributed by atoms with Crippen molar-refractivity contribution in [1.29, 1.82) is 0 Å². The molecular weight excluding hydrogens is 923 g/mol. The van der Waals surface area contributed by atoms with Crippen molar-refractivity contribution in [2.75, 3.05) is 14.7 Å². The molecule has 0 fully saturated rings. The lowest BCUT2D eigenvalue weighted by atomic mass is 9.80. The molecule has 3 aliphatic rings. The summed E-state index contributed by atoms with van der Waals surface area (Å²) in [6.45, 7) is 23.4. The van der Waals surface area contributed by atoms with E-state index >= 15 is 0 Å². The van der Waals surface area contributed by atoms with E-state index in [1.165, 1.54) is 75.4 Å². The fourth-order valence-electron chi connectivity index (χ4n) is 12.9. The molecule has 0 unspecified atom stereocenters. The largest absolute Gasteiger partial charge is 0.362 e. The molecule has 13 rings (SSSR count). The maximum absolute atomic E-state index is 14.7. The van der Waals surface area contributed by atoms with Crippen molar-refractivity contribution in [3.8, 4) is 11.1 Å². The second-order valence-electron chi connectivity index (χ2n) is 23.9. The Balaban J connectivity index is 0.845. The van der Waals surface area contributed by atoms with Crippen LogP contribution in [-0.2, 0) is 23.9 Å². The van der Waals surface area contributed by atoms with E-state index in [1.54, 1.807) is 24.3 Å². The van der Waals surface area contributed by atoms with E-state index < -0.39 is 23.6 Å². The van der Waals surface area contributed by atoms with E-state index in [0.717, 1.165) is 40.7 Å². The number of hydrogen-bond donors (Lipinski definition) is 0. The zero-order chi connectivity index (χ0) is 52.3. The van der Waals surface area contributed by atoms with E-state index in [4.69, 9.17) is 0 Å². The van der Waals surface area contributed by atoms with E-state index in [2.05, 4.69) is 153 Å². The highest BCUT2D eigenvalue weighted by molar-refractivity contribution is 6.42. The predicted molar refractivity (Wildman–Crippen MR) is 308 cm³/mol. The molecule has 10 aromatic rings. The maximum atomic E-state index is 14.7. The summed E-state index contributed by atoms with van der Waals surface area (Å²) in [6, 6.07) is 47.5. The van der Waals surface area contributed by atoms with E-state index in [1.807, 2.05) is 36.4 Å². The van der Waals surface area contributed by atoms with Gasteiger partial charge in [0.1, 0.15) is 0 Å². The van der Waals surface area contributed by atoms with Gasteiger partial charge in [0.05, 0.1) is 11.4 Å². The van der Waals surface area contributed by atoms with Crippen molar-refractivity contribution in [3.05, 3.63) is 195 Å². The summed E-state index contributed by atoms with van der Waals surface area (Å²) in [4.78, 5) is 63.8. The average Bonchev–Trinajstić information content (AvgIpc) is 3.39. The number of anilines is 3. The Labute approximate surface area is 437 Å². The Bertz CT molecular complexity index is 4030. The van der Waals surface area contributed by atoms with Gasteiger partial charge in [-0.05, 0) is 153 Å². The molecular formula is C68H59N3O4. The van der Waals surface area contributed by atoms with E-state index in [-0.39, 0.29) is 33.1 Å². The van der Waals surface area contributed by atoms with Gasteiger partial charge in [0.15, 0.2) is 0 Å². The van der Waals surface area contributed by atoms with Crippen LogP contribution < -0.4 is 14.7 Å². The summed E-state index contributed by atoms with van der Waals surface area (Å²) in [5.41, 5.74) is 12.3. The second-order valence-corrected chi connectivity index (χ2v) is 23.9. The molecule has 370 valence electrons. The highest BCUT2D eigenvalue weighted by Crippen LogP contribution is 2.49. The summed E-state index contributed by atoms with van der Waals surface area (Å²) in [6.07, 6.45) is 0. The first-order chi connectivity index (χ1) is 35.8. The molecule has 7 nitrogen and oxygen atoms in total. The summed E-state index contributed by atoms with van der Waals surface area (Å²) >= 11 is 0. The number of carbonyl (C=O) groups excluding carboxylic acids is 4. The van der Waals surface area contributed by atoms with Gasteiger partial charge >= 0.3 is 0 Å². The molecule has 0 bridgehead atoms. The van der Waals surface area contributed by atoms with E-state index in [0.29, 0.717) is 34.0 Å². The monoisotopic (exact) mass is 981 g/mol. The van der Waals surface area contributed by atoms with Crippen LogP contribution in [0, 0.1) is 0 Å². The minimum atomic E-state index is -0.507. The molecule has 0 aromatic heterocycles. The van der Waals surface area contributed by atoms with Crippen molar-refractivity contribution in [3.63, 3.8) is 0 Å². The first kappa shape index (κ1) is 46.6. The van der Waals surface area contributed by atoms with Gasteiger partial charge in [0, 0.05) is 51.8 Å². The number of rotatable bonds is 6. The third-order valence-corrected chi connectivity index (χ3v) is 16.6. The van der Waals surface area contributed by atoms with Crippen molar-refractivity contribution in [1.82, 2.24) is 0 Å². The molecule has 10 aromatic carbocycles. The van der Waals surface area contributed by atoms with Gasteiger partial charge in [-0.3, -0.25) is 19.2 Å². The number of carbonyl (C=O) groups is 4. The van der Waals surface area contributed by atoms with Gasteiger partial charge in [-0.2, -0.15) is 0 Å². The van der Waals surface area contributed by atoms with Gasteiger partial charge in [-0.15, -0.1) is 0 Å². The minimum absolute atomic E-state index is 0.233. The highest BCUT2D eigenvalue weighted by atomic mass is 16.2. The predicted octanol–water partition coefficient (Wildman–Crippen LogP) is 16.5. The Morgan fingerprint density at radius 3 is 1.40 bits per heavy atom. The van der Waals surface area contributed by atoms with Gasteiger partial charge in [-0.1, -0.05) is 166 Å². The molecule has 0 N–H and O–H groups in total. The number of para-hydroxylation sites is 1. The standard InChI is InChI=1S/C68H59N3O4/c1-36(2)43-13-11-14-44(37(3)4)62(43)69-34-39-19-24-49-47-16-12-15-46-45(26-27-48(58(46)47)50-25-20-40(35-69)57(39)59(49)50)38-17-22-42(23-18-38)70-63(72)51-28-30-53-61-54(31-29-52(60(51)61)64(70)73)66(75)71(65(53)74)56-33-41(67(5,6)7)21-32-55(56)68(8,9)10/h11-33,36-37H,34-35H2,1-10H3. The third kappa shape index (κ3) is 6.72. The van der Waals surface area contributed by atoms with Crippen LogP contribution in [0.25, 0.3) is 65.0 Å². The number of imide groups is 2. The van der Waals surface area contributed by atoms with Crippen LogP contribution in [0.2, 0.25) is 0 Å². The van der Waals surface area contributed by atoms with Crippen LogP contribution in [0.15, 0.2) is 140 Å². The van der Waals surface area contributed by atoms with Crippen LogP contribution in [0.1, 0.15) is 156 Å². The number of hydrogen-bond acceptors (Lipinski definition) is 5. The molecule has 3 aliphatic heterocycles. The van der Waals surface area contributed by atoms with Gasteiger partial charge in [-0.25, -0.2) is 9.80 Å². The molecule has 0 spiro atoms. The van der Waals surface area contributed by atoms with E-state index in [9.17, 15) is 19.2 Å². The smallest absolute Gasteiger partial charge is 0.265 e. The summed E-state index contributed by atoms with van der Waals surface area (Å²) < 4.78 is 0. The lowest BCUT2D eigenvalue weighted by Gasteiger charge is -2.36. The fraction of sp³-hybridized carbons (Fsp3) is 0.235. The van der Waals surface area contributed by atoms with Crippen LogP contribution >= 0.6 is 0 Å². The number of nitrogens with zero attached hydrogens (tertiary/aromatic N) is 3. The Morgan fingerprint density at radius 1 is 0.413 bits per heavy atom. The molecule has 0 saturated carbocycles. The molecule has 0 aliphatic carbocycles. The summed E-state index contributed by atoms with van der Waals surface area (Å²) in [7, 11) is 0. The zero-order valence-electron chi connectivity index (χ0n) is 44.3. The minimum Gasteiger partial charge on any atom is -0.362 e. The molecule has 75 heavy (non-hydrogen) atoms. The lowest BCUT2D eigenvalue weighted by molar-refractivity contribution is 0.0872. The zero-order valence-corrected chi connectivity index (χ0v) is 44.3. The summed E-state index contributed by atoms with van der Waals surface area (Å²) in [5.74, 6) is -1.15. The number of benzene rings is 10. The quantitative estimate of drug-likeness (QED) is 0.0942. The molecule has 0 radical (unpaired) electrons. The summed E-state index contributed by atoms with van der Waals surface area (Å²) in [5, 5.41) is 10.7. The number of amides is 4. The van der Waals surface area contributed by atoms with Gasteiger partial charge < -0.3 is 4.90 Å². The molecule has 3 heterocycles. The second kappa shape index (κ2) is 16.2. The Morgan fingerprint density at radius 2 is 0.880 bits per heavy atom. The van der Waals surface area contributed by atoms with Crippen LogP contribution in [-0.4, -0.2) is 23.6 Å². The Kier molecular flexibility index (Phi) is 10.0. The topological polar surface area (TPSA) is 78.0 Å². The van der Waals surface area contributed by atoms with Crippen molar-refractivity contribution < 1.29 is 19.2 Å². The van der Waals surface area contributed by atoms with Crippen molar-refractivity contribution >= 4 is 94.6 Å². The van der Waals surface area contributed by atoms with Crippen LogP contribution in [0.4, 0.5) is 17.1 Å². The lowest BCUT2D eigenvalue weighted by Crippen LogP contribution is -2.44. The first-order valence-corrected chi connectivity index (χ1v) is 26.5.